The highest BCUT2D eigenvalue weighted by molar-refractivity contribution is 7.86. The normalized spacial score (nSPS) is 16.8. The van der Waals surface area contributed by atoms with E-state index in [1.807, 2.05) is 137 Å². The van der Waals surface area contributed by atoms with E-state index in [1.165, 1.54) is 0 Å². The Morgan fingerprint density at radius 2 is 1.25 bits per heavy atom. The van der Waals surface area contributed by atoms with Crippen LogP contribution in [-0.4, -0.2) is 56.8 Å². The van der Waals surface area contributed by atoms with Crippen LogP contribution in [0.2, 0.25) is 0 Å². The summed E-state index contributed by atoms with van der Waals surface area (Å²) in [6, 6.07) is 33.9. The van der Waals surface area contributed by atoms with Crippen LogP contribution >= 0.6 is 0 Å². The van der Waals surface area contributed by atoms with Gasteiger partial charge < -0.3 is 19.3 Å². The molecule has 268 valence electrons. The van der Waals surface area contributed by atoms with Gasteiger partial charge in [-0.1, -0.05) is 91.0 Å². The molecule has 0 radical (unpaired) electrons. The Kier molecular flexibility index (Phi) is 10.1. The Balaban J connectivity index is 1.22. The Hall–Kier alpha value is -5.14. The molecular formula is C40H38N2O8S2. The monoisotopic (exact) mass is 738 g/mol. The highest BCUT2D eigenvalue weighted by Crippen LogP contribution is 2.43. The fraction of sp³-hybridized carbons (Fsp3) is 0.200. The van der Waals surface area contributed by atoms with Gasteiger partial charge in [0.2, 0.25) is 5.88 Å². The Morgan fingerprint density at radius 3 is 1.88 bits per heavy atom. The third-order valence-electron chi connectivity index (χ3n) is 9.04. The maximum atomic E-state index is 11.6. The van der Waals surface area contributed by atoms with E-state index in [-0.39, 0.29) is 24.3 Å². The molecule has 0 aliphatic carbocycles. The topological polar surface area (TPSA) is 134 Å². The molecule has 0 saturated heterocycles. The molecule has 2 heterocycles. The fourth-order valence-electron chi connectivity index (χ4n) is 6.60. The van der Waals surface area contributed by atoms with Crippen LogP contribution in [0.15, 0.2) is 139 Å². The molecule has 0 saturated carbocycles. The van der Waals surface area contributed by atoms with Gasteiger partial charge in [0.15, 0.2) is 12.0 Å². The van der Waals surface area contributed by atoms with E-state index < -0.39 is 26.5 Å². The van der Waals surface area contributed by atoms with Crippen molar-refractivity contribution in [2.45, 2.75) is 25.5 Å². The smallest absolute Gasteiger partial charge is 0.264 e. The van der Waals surface area contributed by atoms with Crippen molar-refractivity contribution >= 4 is 53.2 Å². The van der Waals surface area contributed by atoms with Gasteiger partial charge in [0.1, 0.15) is 5.75 Å². The number of nitrogens with zero attached hydrogens (tertiary/aromatic N) is 2. The summed E-state index contributed by atoms with van der Waals surface area (Å²) >= 11 is 0. The van der Waals surface area contributed by atoms with E-state index in [1.54, 1.807) is 0 Å². The van der Waals surface area contributed by atoms with E-state index in [4.69, 9.17) is 9.47 Å². The number of fused-ring (bicyclic) bond motifs is 4. The zero-order chi connectivity index (χ0) is 36.3. The molecule has 5 aromatic carbocycles. The second kappa shape index (κ2) is 14.8. The molecule has 12 heteroatoms. The second-order valence-corrected chi connectivity index (χ2v) is 16.0. The van der Waals surface area contributed by atoms with Crippen molar-refractivity contribution in [2.75, 3.05) is 34.4 Å². The molecular weight excluding hydrogens is 701 g/mol. The van der Waals surface area contributed by atoms with Gasteiger partial charge in [0.25, 0.3) is 20.2 Å². The fourth-order valence-corrected chi connectivity index (χ4v) is 7.59. The maximum absolute atomic E-state index is 11.6. The molecule has 2 aliphatic heterocycles. The molecule has 5 aromatic rings. The van der Waals surface area contributed by atoms with E-state index in [0.717, 1.165) is 44.1 Å². The molecule has 0 aromatic heterocycles. The Bertz CT molecular complexity index is 2430. The number of anilines is 2. The van der Waals surface area contributed by atoms with E-state index in [2.05, 4.69) is 0 Å². The summed E-state index contributed by atoms with van der Waals surface area (Å²) in [5, 5.41) is 4.07. The molecule has 0 spiro atoms. The van der Waals surface area contributed by atoms with Crippen molar-refractivity contribution in [1.82, 2.24) is 0 Å². The molecule has 7 rings (SSSR count). The van der Waals surface area contributed by atoms with Crippen LogP contribution in [0, 0.1) is 0 Å². The van der Waals surface area contributed by atoms with Gasteiger partial charge in [0, 0.05) is 13.1 Å². The summed E-state index contributed by atoms with van der Waals surface area (Å²) in [6.45, 7) is 0.636. The van der Waals surface area contributed by atoms with Crippen LogP contribution in [0.5, 0.6) is 11.5 Å². The first-order valence-electron chi connectivity index (χ1n) is 17.0. The van der Waals surface area contributed by atoms with Gasteiger partial charge >= 0.3 is 0 Å². The van der Waals surface area contributed by atoms with Crippen LogP contribution in [-0.2, 0) is 26.7 Å². The molecule has 2 aliphatic rings. The minimum Gasteiger partial charge on any atom is -0.465 e. The van der Waals surface area contributed by atoms with Crippen molar-refractivity contribution in [3.63, 3.8) is 0 Å². The average Bonchev–Trinajstić information content (AvgIpc) is 3.62. The Morgan fingerprint density at radius 1 is 0.692 bits per heavy atom. The molecule has 1 atom stereocenters. The van der Waals surface area contributed by atoms with Crippen molar-refractivity contribution in [2.24, 2.45) is 0 Å². The minimum absolute atomic E-state index is 0.189. The summed E-state index contributed by atoms with van der Waals surface area (Å²) in [5.74, 6) is 1.10. The van der Waals surface area contributed by atoms with Gasteiger partial charge in [-0.05, 0) is 88.4 Å². The van der Waals surface area contributed by atoms with Crippen molar-refractivity contribution in [3.8, 4) is 11.5 Å². The van der Waals surface area contributed by atoms with Gasteiger partial charge in [-0.2, -0.15) is 16.8 Å². The van der Waals surface area contributed by atoms with Gasteiger partial charge in [-0.3, -0.25) is 9.11 Å². The number of ether oxygens (including phenoxy) is 2. The number of allylic oxidation sites excluding steroid dienone is 4. The van der Waals surface area contributed by atoms with E-state index in [0.29, 0.717) is 36.9 Å². The lowest BCUT2D eigenvalue weighted by Crippen LogP contribution is -2.34. The summed E-state index contributed by atoms with van der Waals surface area (Å²) < 4.78 is 77.9. The van der Waals surface area contributed by atoms with Crippen LogP contribution in [0.3, 0.4) is 0 Å². The molecule has 0 bridgehead atoms. The van der Waals surface area contributed by atoms with Crippen molar-refractivity contribution in [1.29, 1.82) is 0 Å². The third kappa shape index (κ3) is 8.48. The van der Waals surface area contributed by atoms with Gasteiger partial charge in [-0.15, -0.1) is 0 Å². The summed E-state index contributed by atoms with van der Waals surface area (Å²) in [5.41, 5.74) is 3.64. The van der Waals surface area contributed by atoms with Crippen molar-refractivity contribution in [3.05, 3.63) is 144 Å². The lowest BCUT2D eigenvalue weighted by molar-refractivity contribution is 0.273. The summed E-state index contributed by atoms with van der Waals surface area (Å²) in [6.07, 6.45) is 8.16. The Labute approximate surface area is 303 Å². The van der Waals surface area contributed by atoms with Crippen molar-refractivity contribution < 1.29 is 35.4 Å². The van der Waals surface area contributed by atoms with Gasteiger partial charge in [0.05, 0.1) is 22.9 Å². The number of hydrogen-bond acceptors (Lipinski definition) is 8. The lowest BCUT2D eigenvalue weighted by Gasteiger charge is -2.23. The summed E-state index contributed by atoms with van der Waals surface area (Å²) in [7, 11) is -8.27. The SMILES string of the molecule is O=S(=O)(O)CCCN1\C(=C/C=C(/C=C/C2Oc3cc4ccccc4cc3N2CCCS(=O)(=O)O)Cc2ccccc2)Oc2cc3ccccc3cc21. The highest BCUT2D eigenvalue weighted by Gasteiger charge is 2.30. The van der Waals surface area contributed by atoms with E-state index >= 15 is 0 Å². The first-order chi connectivity index (χ1) is 25.0. The number of rotatable bonds is 13. The first kappa shape index (κ1) is 35.3. The first-order valence-corrected chi connectivity index (χ1v) is 20.2. The van der Waals surface area contributed by atoms with Crippen LogP contribution in [0.25, 0.3) is 21.5 Å². The lowest BCUT2D eigenvalue weighted by atomic mass is 10.0. The van der Waals surface area contributed by atoms with E-state index in [9.17, 15) is 25.9 Å². The molecule has 10 nitrogen and oxygen atoms in total. The maximum Gasteiger partial charge on any atom is 0.264 e. The van der Waals surface area contributed by atoms with Crippen LogP contribution < -0.4 is 19.3 Å². The zero-order valence-corrected chi connectivity index (χ0v) is 29.8. The standard InChI is InChI=1S/C40H38N2O8S2/c43-51(44,45)22-8-20-41-35-25-31-12-4-6-14-33(31)27-37(35)49-39(41)18-16-30(24-29-10-2-1-3-11-29)17-19-40-42(21-9-23-52(46,47)48)36-26-32-13-5-7-15-34(32)28-38(36)50-40/h1-7,10-19,25-28,39H,8-9,20-24H2,(H,43,44,45)(H,46,47,48)/b18-16+,30-17-,40-19+. The molecule has 2 N–H and O–H groups in total. The predicted octanol–water partition coefficient (Wildman–Crippen LogP) is 7.54. The molecule has 0 fully saturated rings. The highest BCUT2D eigenvalue weighted by atomic mass is 32.2. The third-order valence-corrected chi connectivity index (χ3v) is 10.7. The van der Waals surface area contributed by atoms with Crippen LogP contribution in [0.1, 0.15) is 18.4 Å². The molecule has 0 amide bonds. The van der Waals surface area contributed by atoms with Crippen LogP contribution in [0.4, 0.5) is 11.4 Å². The number of benzene rings is 5. The minimum atomic E-state index is -4.14. The second-order valence-electron chi connectivity index (χ2n) is 12.8. The average molecular weight is 739 g/mol. The predicted molar refractivity (Wildman–Crippen MR) is 205 cm³/mol. The number of hydrogen-bond donors (Lipinski definition) is 2. The quantitative estimate of drug-likeness (QED) is 0.0922. The largest absolute Gasteiger partial charge is 0.465 e. The zero-order valence-electron chi connectivity index (χ0n) is 28.2. The molecule has 1 unspecified atom stereocenters. The summed E-state index contributed by atoms with van der Waals surface area (Å²) in [4.78, 5) is 3.92. The van der Waals surface area contributed by atoms with Gasteiger partial charge in [-0.25, -0.2) is 0 Å². The molecule has 52 heavy (non-hydrogen) atoms.